The van der Waals surface area contributed by atoms with Crippen molar-refractivity contribution >= 4 is 5.91 Å². The number of hydrogen-bond acceptors (Lipinski definition) is 4. The Kier molecular flexibility index (Phi) is 8.02. The monoisotopic (exact) mass is 402 g/mol. The molecule has 1 saturated heterocycles. The zero-order chi connectivity index (χ0) is 21.2. The average Bonchev–Trinajstić information content (AvgIpc) is 2.81. The summed E-state index contributed by atoms with van der Waals surface area (Å²) < 4.78 is 0. The summed E-state index contributed by atoms with van der Waals surface area (Å²) >= 11 is 0. The van der Waals surface area contributed by atoms with Crippen LogP contribution in [-0.4, -0.2) is 46.9 Å². The molecule has 3 rings (SSSR count). The zero-order valence-corrected chi connectivity index (χ0v) is 17.7. The van der Waals surface area contributed by atoms with E-state index in [1.807, 2.05) is 34.9 Å². The van der Waals surface area contributed by atoms with Crippen molar-refractivity contribution in [2.24, 2.45) is 5.92 Å². The van der Waals surface area contributed by atoms with Gasteiger partial charge in [0.1, 0.15) is 11.6 Å². The Morgan fingerprint density at radius 2 is 1.87 bits per heavy atom. The molecule has 5 nitrogen and oxygen atoms in total. The number of carbonyl (C=O) groups is 1. The summed E-state index contributed by atoms with van der Waals surface area (Å²) in [5, 5.41) is 9.60. The van der Waals surface area contributed by atoms with Crippen molar-refractivity contribution in [2.45, 2.75) is 32.6 Å². The highest BCUT2D eigenvalue weighted by molar-refractivity contribution is 5.97. The molecular weight excluding hydrogens is 372 g/mol. The fraction of sp³-hybridized carbons (Fsp3) is 0.400. The van der Waals surface area contributed by atoms with Crippen LogP contribution >= 0.6 is 0 Å². The summed E-state index contributed by atoms with van der Waals surface area (Å²) in [7, 11) is 0. The van der Waals surface area contributed by atoms with Gasteiger partial charge >= 0.3 is 0 Å². The molecule has 1 amide bonds. The highest BCUT2D eigenvalue weighted by Crippen LogP contribution is 2.22. The minimum absolute atomic E-state index is 0.141. The van der Waals surface area contributed by atoms with Crippen molar-refractivity contribution in [3.63, 3.8) is 0 Å². The second-order valence-corrected chi connectivity index (χ2v) is 7.81. The van der Waals surface area contributed by atoms with Gasteiger partial charge in [-0.15, -0.1) is 0 Å². The Morgan fingerprint density at radius 3 is 2.50 bits per heavy atom. The molecule has 2 heterocycles. The van der Waals surface area contributed by atoms with Crippen LogP contribution in [-0.2, 0) is 17.6 Å². The molecular formula is C25H30N4O. The lowest BCUT2D eigenvalue weighted by Crippen LogP contribution is -2.40. The lowest BCUT2D eigenvalue weighted by Gasteiger charge is -2.32. The number of carbonyl (C=O) groups excluding carboxylic acids is 1. The van der Waals surface area contributed by atoms with Crippen LogP contribution < -0.4 is 0 Å². The summed E-state index contributed by atoms with van der Waals surface area (Å²) in [5.74, 6) is 0.455. The van der Waals surface area contributed by atoms with Crippen molar-refractivity contribution in [3.8, 4) is 6.07 Å². The first-order valence-electron chi connectivity index (χ1n) is 10.8. The number of nitrogens with zero attached hydrogens (tertiary/aromatic N) is 4. The summed E-state index contributed by atoms with van der Waals surface area (Å²) in [6.07, 6.45) is 9.19. The average molecular weight is 403 g/mol. The van der Waals surface area contributed by atoms with Gasteiger partial charge in [-0.2, -0.15) is 5.26 Å². The van der Waals surface area contributed by atoms with Crippen molar-refractivity contribution < 1.29 is 4.79 Å². The van der Waals surface area contributed by atoms with Crippen LogP contribution in [0.15, 0.2) is 66.6 Å². The van der Waals surface area contributed by atoms with E-state index in [-0.39, 0.29) is 11.5 Å². The van der Waals surface area contributed by atoms with E-state index in [1.165, 1.54) is 11.1 Å². The molecule has 0 N–H and O–H groups in total. The van der Waals surface area contributed by atoms with Gasteiger partial charge in [-0.05, 0) is 61.8 Å². The van der Waals surface area contributed by atoms with E-state index >= 15 is 0 Å². The van der Waals surface area contributed by atoms with Gasteiger partial charge in [0.2, 0.25) is 0 Å². The molecule has 0 spiro atoms. The molecule has 0 saturated carbocycles. The van der Waals surface area contributed by atoms with Crippen LogP contribution in [0.4, 0.5) is 0 Å². The fourth-order valence-electron chi connectivity index (χ4n) is 3.91. The second-order valence-electron chi connectivity index (χ2n) is 7.81. The number of piperidine rings is 1. The largest absolute Gasteiger partial charge is 0.376 e. The van der Waals surface area contributed by atoms with Crippen molar-refractivity contribution in [2.75, 3.05) is 26.2 Å². The normalized spacial score (nSPS) is 14.9. The number of rotatable bonds is 8. The van der Waals surface area contributed by atoms with E-state index < -0.39 is 0 Å². The molecule has 0 unspecified atom stereocenters. The van der Waals surface area contributed by atoms with E-state index in [0.29, 0.717) is 5.92 Å². The van der Waals surface area contributed by atoms with Crippen LogP contribution in [0.3, 0.4) is 0 Å². The van der Waals surface area contributed by atoms with Gasteiger partial charge in [0.25, 0.3) is 5.91 Å². The van der Waals surface area contributed by atoms with Crippen molar-refractivity contribution in [1.29, 1.82) is 5.26 Å². The Morgan fingerprint density at radius 1 is 1.17 bits per heavy atom. The predicted molar refractivity (Wildman–Crippen MR) is 118 cm³/mol. The van der Waals surface area contributed by atoms with Gasteiger partial charge in [-0.1, -0.05) is 30.3 Å². The Hall–Kier alpha value is -3.13. The summed E-state index contributed by atoms with van der Waals surface area (Å²) in [6.45, 7) is 5.00. The first-order valence-corrected chi connectivity index (χ1v) is 10.8. The first kappa shape index (κ1) is 21.6. The van der Waals surface area contributed by atoms with E-state index in [2.05, 4.69) is 35.3 Å². The predicted octanol–water partition coefficient (Wildman–Crippen LogP) is 3.83. The van der Waals surface area contributed by atoms with E-state index in [0.717, 1.165) is 51.9 Å². The zero-order valence-electron chi connectivity index (χ0n) is 17.7. The Labute approximate surface area is 179 Å². The van der Waals surface area contributed by atoms with Crippen LogP contribution in [0.5, 0.6) is 0 Å². The second kappa shape index (κ2) is 11.2. The number of pyridine rings is 1. The van der Waals surface area contributed by atoms with Crippen LogP contribution in [0.2, 0.25) is 0 Å². The number of nitriles is 1. The maximum Gasteiger partial charge on any atom is 0.266 e. The molecule has 1 aliphatic heterocycles. The topological polar surface area (TPSA) is 60.2 Å². The van der Waals surface area contributed by atoms with Gasteiger partial charge in [-0.3, -0.25) is 9.78 Å². The smallest absolute Gasteiger partial charge is 0.266 e. The molecule has 1 fully saturated rings. The molecule has 2 aromatic rings. The molecule has 0 aliphatic carbocycles. The molecule has 0 radical (unpaired) electrons. The molecule has 1 aromatic carbocycles. The maximum atomic E-state index is 12.9. The van der Waals surface area contributed by atoms with Crippen LogP contribution in [0.1, 0.15) is 30.9 Å². The van der Waals surface area contributed by atoms with Gasteiger partial charge in [-0.25, -0.2) is 0 Å². The van der Waals surface area contributed by atoms with Crippen molar-refractivity contribution in [1.82, 2.24) is 14.8 Å². The number of aromatic nitrogens is 1. The number of amides is 1. The summed E-state index contributed by atoms with van der Waals surface area (Å²) in [4.78, 5) is 20.8. The first-order chi connectivity index (χ1) is 14.7. The highest BCUT2D eigenvalue weighted by Gasteiger charge is 2.25. The van der Waals surface area contributed by atoms with E-state index in [4.69, 9.17) is 0 Å². The highest BCUT2D eigenvalue weighted by atomic mass is 16.2. The minimum Gasteiger partial charge on any atom is -0.376 e. The third-order valence-corrected chi connectivity index (χ3v) is 5.77. The third kappa shape index (κ3) is 6.18. The molecule has 0 atom stereocenters. The molecule has 0 bridgehead atoms. The van der Waals surface area contributed by atoms with Crippen molar-refractivity contribution in [3.05, 3.63) is 77.8 Å². The Bertz CT molecular complexity index is 865. The quantitative estimate of drug-likeness (QED) is 0.497. The number of hydrogen-bond donors (Lipinski definition) is 0. The van der Waals surface area contributed by atoms with Crippen LogP contribution in [0, 0.1) is 17.2 Å². The standard InChI is InChI=1S/C25H30N4O/c1-2-28(15-10-21-8-13-27-14-9-21)20-24(19-26)25(30)29-16-11-23(12-17-29)18-22-6-4-3-5-7-22/h3-9,13-14,20,23H,2,10-12,15-18H2,1H3/b24-20-. The maximum absolute atomic E-state index is 12.9. The Balaban J connectivity index is 1.54. The number of likely N-dealkylation sites (N-methyl/N-ethyl adjacent to an activating group) is 1. The minimum atomic E-state index is -0.141. The van der Waals surface area contributed by atoms with E-state index in [1.54, 1.807) is 18.6 Å². The number of likely N-dealkylation sites (tertiary alicyclic amines) is 1. The number of benzene rings is 1. The van der Waals surface area contributed by atoms with Gasteiger partial charge in [0.05, 0.1) is 0 Å². The molecule has 1 aliphatic rings. The lowest BCUT2D eigenvalue weighted by molar-refractivity contribution is -0.128. The molecule has 30 heavy (non-hydrogen) atoms. The SMILES string of the molecule is CCN(/C=C(/C#N)C(=O)N1CCC(Cc2ccccc2)CC1)CCc1ccncc1. The van der Waals surface area contributed by atoms with Gasteiger partial charge < -0.3 is 9.80 Å². The lowest BCUT2D eigenvalue weighted by atomic mass is 9.90. The molecule has 5 heteroatoms. The van der Waals surface area contributed by atoms with Crippen LogP contribution in [0.25, 0.3) is 0 Å². The molecule has 156 valence electrons. The van der Waals surface area contributed by atoms with E-state index in [9.17, 15) is 10.1 Å². The fourth-order valence-corrected chi connectivity index (χ4v) is 3.91. The molecule has 1 aromatic heterocycles. The third-order valence-electron chi connectivity index (χ3n) is 5.77. The summed E-state index contributed by atoms with van der Waals surface area (Å²) in [5.41, 5.74) is 2.78. The van der Waals surface area contributed by atoms with Gasteiger partial charge in [0, 0.05) is 44.8 Å². The van der Waals surface area contributed by atoms with Gasteiger partial charge in [0.15, 0.2) is 0 Å². The summed E-state index contributed by atoms with van der Waals surface area (Å²) in [6, 6.07) is 16.6.